The Bertz CT molecular complexity index is 846. The molecule has 2 aromatic carbocycles. The number of aromatic nitrogens is 2. The van der Waals surface area contributed by atoms with Crippen LogP contribution in [0.3, 0.4) is 0 Å². The zero-order valence-corrected chi connectivity index (χ0v) is 12.7. The summed E-state index contributed by atoms with van der Waals surface area (Å²) in [4.78, 5) is 16.2. The molecule has 0 saturated heterocycles. The minimum Gasteiger partial charge on any atom is -0.345 e. The van der Waals surface area contributed by atoms with Gasteiger partial charge in [-0.05, 0) is 17.7 Å². The Morgan fingerprint density at radius 3 is 2.67 bits per heavy atom. The number of carbonyl (C=O) groups excluding carboxylic acids is 1. The van der Waals surface area contributed by atoms with Gasteiger partial charge in [0.15, 0.2) is 0 Å². The van der Waals surface area contributed by atoms with E-state index < -0.39 is 17.5 Å². The number of amides is 1. The molecule has 0 saturated carbocycles. The van der Waals surface area contributed by atoms with Crippen LogP contribution < -0.4 is 5.32 Å². The Hall–Kier alpha value is -3.02. The summed E-state index contributed by atoms with van der Waals surface area (Å²) in [7, 11) is 0. The molecule has 0 bridgehead atoms. The van der Waals surface area contributed by atoms with Gasteiger partial charge in [-0.2, -0.15) is 0 Å². The lowest BCUT2D eigenvalue weighted by molar-refractivity contribution is 0.0945. The van der Waals surface area contributed by atoms with Crippen LogP contribution in [0.2, 0.25) is 0 Å². The lowest BCUT2D eigenvalue weighted by atomic mass is 10.2. The molecule has 0 aliphatic heterocycles. The van der Waals surface area contributed by atoms with Crippen LogP contribution in [0.25, 0.3) is 0 Å². The summed E-state index contributed by atoms with van der Waals surface area (Å²) < 4.78 is 28.4. The number of nitrogens with zero attached hydrogens (tertiary/aromatic N) is 2. The van der Waals surface area contributed by atoms with E-state index in [0.717, 1.165) is 17.7 Å². The average Bonchev–Trinajstić information content (AvgIpc) is 3.00. The number of benzene rings is 2. The Morgan fingerprint density at radius 2 is 1.92 bits per heavy atom. The highest BCUT2D eigenvalue weighted by atomic mass is 19.1. The van der Waals surface area contributed by atoms with Crippen LogP contribution in [0.5, 0.6) is 0 Å². The van der Waals surface area contributed by atoms with E-state index in [-0.39, 0.29) is 12.1 Å². The lowest BCUT2D eigenvalue weighted by Crippen LogP contribution is -2.25. The van der Waals surface area contributed by atoms with Crippen molar-refractivity contribution in [3.8, 4) is 0 Å². The van der Waals surface area contributed by atoms with E-state index >= 15 is 0 Å². The normalized spacial score (nSPS) is 10.6. The molecule has 3 rings (SSSR count). The van der Waals surface area contributed by atoms with Crippen molar-refractivity contribution in [2.45, 2.75) is 13.1 Å². The highest BCUT2D eigenvalue weighted by Crippen LogP contribution is 2.10. The van der Waals surface area contributed by atoms with Crippen LogP contribution in [-0.4, -0.2) is 15.5 Å². The number of halogens is 2. The molecule has 1 amide bonds. The first-order valence-electron chi connectivity index (χ1n) is 7.40. The van der Waals surface area contributed by atoms with Gasteiger partial charge in [0.05, 0.1) is 12.1 Å². The summed E-state index contributed by atoms with van der Waals surface area (Å²) in [5.41, 5.74) is 0.908. The Labute approximate surface area is 137 Å². The summed E-state index contributed by atoms with van der Waals surface area (Å²) in [5, 5.41) is 2.60. The quantitative estimate of drug-likeness (QED) is 0.782. The zero-order chi connectivity index (χ0) is 16.9. The maximum atomic E-state index is 13.6. The Morgan fingerprint density at radius 1 is 1.12 bits per heavy atom. The standard InChI is InChI=1S/C18H15F2N3O/c19-14-6-7-15(16(20)10-14)18(24)22-11-17-21-8-9-23(17)12-13-4-2-1-3-5-13/h1-10H,11-12H2,(H,22,24). The first kappa shape index (κ1) is 15.9. The highest BCUT2D eigenvalue weighted by Gasteiger charge is 2.13. The Balaban J connectivity index is 1.67. The highest BCUT2D eigenvalue weighted by molar-refractivity contribution is 5.94. The van der Waals surface area contributed by atoms with E-state index in [1.165, 1.54) is 0 Å². The maximum Gasteiger partial charge on any atom is 0.254 e. The fraction of sp³-hybridized carbons (Fsp3) is 0.111. The molecule has 1 aromatic heterocycles. The first-order valence-corrected chi connectivity index (χ1v) is 7.40. The lowest BCUT2D eigenvalue weighted by Gasteiger charge is -2.09. The second kappa shape index (κ2) is 7.04. The molecule has 0 fully saturated rings. The van der Waals surface area contributed by atoms with Crippen molar-refractivity contribution in [3.05, 3.63) is 89.5 Å². The monoisotopic (exact) mass is 327 g/mol. The molecule has 0 atom stereocenters. The molecule has 0 unspecified atom stereocenters. The third-order valence-corrected chi connectivity index (χ3v) is 3.58. The van der Waals surface area contributed by atoms with Crippen molar-refractivity contribution < 1.29 is 13.6 Å². The van der Waals surface area contributed by atoms with Crippen molar-refractivity contribution >= 4 is 5.91 Å². The van der Waals surface area contributed by atoms with E-state index in [4.69, 9.17) is 0 Å². The number of nitrogens with one attached hydrogen (secondary N) is 1. The molecule has 0 aliphatic rings. The van der Waals surface area contributed by atoms with Gasteiger partial charge in [0.1, 0.15) is 17.5 Å². The zero-order valence-electron chi connectivity index (χ0n) is 12.7. The van der Waals surface area contributed by atoms with E-state index in [1.807, 2.05) is 41.1 Å². The van der Waals surface area contributed by atoms with Gasteiger partial charge < -0.3 is 9.88 Å². The van der Waals surface area contributed by atoms with Gasteiger partial charge in [0.2, 0.25) is 0 Å². The maximum absolute atomic E-state index is 13.6. The number of rotatable bonds is 5. The fourth-order valence-corrected chi connectivity index (χ4v) is 2.36. The van der Waals surface area contributed by atoms with Gasteiger partial charge in [0, 0.05) is 25.0 Å². The van der Waals surface area contributed by atoms with Gasteiger partial charge in [-0.1, -0.05) is 30.3 Å². The predicted octanol–water partition coefficient (Wildman–Crippen LogP) is 3.14. The van der Waals surface area contributed by atoms with Crippen LogP contribution >= 0.6 is 0 Å². The third kappa shape index (κ3) is 3.65. The second-order valence-corrected chi connectivity index (χ2v) is 5.26. The fourth-order valence-electron chi connectivity index (χ4n) is 2.36. The molecule has 1 heterocycles. The van der Waals surface area contributed by atoms with Crippen LogP contribution in [0.1, 0.15) is 21.7 Å². The first-order chi connectivity index (χ1) is 11.6. The molecular weight excluding hydrogens is 312 g/mol. The van der Waals surface area contributed by atoms with Crippen LogP contribution in [-0.2, 0) is 13.1 Å². The van der Waals surface area contributed by atoms with Crippen LogP contribution in [0.15, 0.2) is 60.9 Å². The average molecular weight is 327 g/mol. The molecule has 1 N–H and O–H groups in total. The molecule has 122 valence electrons. The van der Waals surface area contributed by atoms with Crippen molar-refractivity contribution in [2.24, 2.45) is 0 Å². The molecular formula is C18H15F2N3O. The molecule has 24 heavy (non-hydrogen) atoms. The van der Waals surface area contributed by atoms with Crippen LogP contribution in [0.4, 0.5) is 8.78 Å². The summed E-state index contributed by atoms with van der Waals surface area (Å²) in [6, 6.07) is 12.7. The number of carbonyl (C=O) groups is 1. The Kier molecular flexibility index (Phi) is 4.65. The largest absolute Gasteiger partial charge is 0.345 e. The minimum atomic E-state index is -0.889. The number of hydrogen-bond donors (Lipinski definition) is 1. The smallest absolute Gasteiger partial charge is 0.254 e. The summed E-state index contributed by atoms with van der Waals surface area (Å²) in [6.45, 7) is 0.770. The summed E-state index contributed by atoms with van der Waals surface area (Å²) in [6.07, 6.45) is 3.45. The molecule has 0 radical (unpaired) electrons. The van der Waals surface area contributed by atoms with E-state index in [2.05, 4.69) is 10.3 Å². The van der Waals surface area contributed by atoms with Crippen molar-refractivity contribution in [1.29, 1.82) is 0 Å². The molecule has 0 aliphatic carbocycles. The van der Waals surface area contributed by atoms with E-state index in [1.54, 1.807) is 6.20 Å². The van der Waals surface area contributed by atoms with Crippen molar-refractivity contribution in [3.63, 3.8) is 0 Å². The number of hydrogen-bond acceptors (Lipinski definition) is 2. The molecule has 3 aromatic rings. The van der Waals surface area contributed by atoms with Crippen molar-refractivity contribution in [1.82, 2.24) is 14.9 Å². The minimum absolute atomic E-state index is 0.148. The predicted molar refractivity (Wildman–Crippen MR) is 85.3 cm³/mol. The molecule has 0 spiro atoms. The number of imidazole rings is 1. The van der Waals surface area contributed by atoms with Gasteiger partial charge in [0.25, 0.3) is 5.91 Å². The van der Waals surface area contributed by atoms with Crippen LogP contribution in [0, 0.1) is 11.6 Å². The topological polar surface area (TPSA) is 46.9 Å². The SMILES string of the molecule is O=C(NCc1nccn1Cc1ccccc1)c1ccc(F)cc1F. The van der Waals surface area contributed by atoms with Crippen molar-refractivity contribution in [2.75, 3.05) is 0 Å². The van der Waals surface area contributed by atoms with Gasteiger partial charge in [-0.3, -0.25) is 4.79 Å². The second-order valence-electron chi connectivity index (χ2n) is 5.26. The van der Waals surface area contributed by atoms with E-state index in [9.17, 15) is 13.6 Å². The van der Waals surface area contributed by atoms with E-state index in [0.29, 0.717) is 18.4 Å². The van der Waals surface area contributed by atoms with Gasteiger partial charge in [-0.15, -0.1) is 0 Å². The molecule has 4 nitrogen and oxygen atoms in total. The molecule has 6 heteroatoms. The summed E-state index contributed by atoms with van der Waals surface area (Å²) in [5.74, 6) is -1.57. The van der Waals surface area contributed by atoms with Gasteiger partial charge in [-0.25, -0.2) is 13.8 Å². The third-order valence-electron chi connectivity index (χ3n) is 3.58. The van der Waals surface area contributed by atoms with Gasteiger partial charge >= 0.3 is 0 Å². The summed E-state index contributed by atoms with van der Waals surface area (Å²) >= 11 is 0.